The van der Waals surface area contributed by atoms with Gasteiger partial charge >= 0.3 is 0 Å². The number of hydrogen-bond acceptors (Lipinski definition) is 5. The van der Waals surface area contributed by atoms with Crippen LogP contribution in [0.2, 0.25) is 0 Å². The summed E-state index contributed by atoms with van der Waals surface area (Å²) in [5.41, 5.74) is 0.589. The lowest BCUT2D eigenvalue weighted by Crippen LogP contribution is -2.50. The molecule has 1 aromatic rings. The highest BCUT2D eigenvalue weighted by molar-refractivity contribution is 5.43. The smallest absolute Gasteiger partial charge is 0.165 e. The molecule has 1 fully saturated rings. The molecule has 0 bridgehead atoms. The number of hydrogen-bond donors (Lipinski definition) is 3. The fourth-order valence-electron chi connectivity index (χ4n) is 2.29. The Morgan fingerprint density at radius 1 is 1.63 bits per heavy atom. The number of halogens is 1. The van der Waals surface area contributed by atoms with E-state index >= 15 is 0 Å². The second kappa shape index (κ2) is 6.27. The summed E-state index contributed by atoms with van der Waals surface area (Å²) in [4.78, 5) is 6.11. The number of pyridine rings is 1. The number of nitrogens with zero attached hydrogens (tertiary/aromatic N) is 2. The Bertz CT molecular complexity index is 430. The molecule has 2 atom stereocenters. The second-order valence-electron chi connectivity index (χ2n) is 4.94. The van der Waals surface area contributed by atoms with E-state index in [0.717, 1.165) is 19.6 Å². The minimum absolute atomic E-state index is 0.199. The fourth-order valence-corrected chi connectivity index (χ4v) is 2.29. The zero-order valence-electron chi connectivity index (χ0n) is 11.0. The van der Waals surface area contributed by atoms with Crippen molar-refractivity contribution >= 4 is 5.82 Å². The van der Waals surface area contributed by atoms with E-state index in [0.29, 0.717) is 11.4 Å². The van der Waals surface area contributed by atoms with Gasteiger partial charge in [-0.15, -0.1) is 0 Å². The van der Waals surface area contributed by atoms with Gasteiger partial charge in [-0.1, -0.05) is 0 Å². The first kappa shape index (κ1) is 14.2. The first-order chi connectivity index (χ1) is 9.11. The Morgan fingerprint density at radius 3 is 3.05 bits per heavy atom. The molecule has 6 heteroatoms. The lowest BCUT2D eigenvalue weighted by Gasteiger charge is -2.35. The van der Waals surface area contributed by atoms with Crippen molar-refractivity contribution in [2.75, 3.05) is 31.1 Å². The summed E-state index contributed by atoms with van der Waals surface area (Å²) in [5, 5.41) is 21.4. The minimum Gasteiger partial charge on any atom is -0.394 e. The van der Waals surface area contributed by atoms with Crippen molar-refractivity contribution in [1.82, 2.24) is 10.3 Å². The van der Waals surface area contributed by atoms with Crippen LogP contribution in [0.3, 0.4) is 0 Å². The van der Waals surface area contributed by atoms with Crippen LogP contribution in [0.1, 0.15) is 12.5 Å². The van der Waals surface area contributed by atoms with Gasteiger partial charge < -0.3 is 20.4 Å². The Hall–Kier alpha value is -1.24. The van der Waals surface area contributed by atoms with E-state index in [1.807, 2.05) is 11.8 Å². The highest BCUT2D eigenvalue weighted by Gasteiger charge is 2.22. The van der Waals surface area contributed by atoms with Crippen LogP contribution in [0.15, 0.2) is 12.3 Å². The second-order valence-corrected chi connectivity index (χ2v) is 4.94. The van der Waals surface area contributed by atoms with Gasteiger partial charge in [-0.3, -0.25) is 0 Å². The molecule has 106 valence electrons. The van der Waals surface area contributed by atoms with Gasteiger partial charge in [0.2, 0.25) is 0 Å². The molecule has 5 nitrogen and oxygen atoms in total. The highest BCUT2D eigenvalue weighted by atomic mass is 19.1. The van der Waals surface area contributed by atoms with Crippen LogP contribution in [0.5, 0.6) is 0 Å². The third-order valence-electron chi connectivity index (χ3n) is 3.33. The summed E-state index contributed by atoms with van der Waals surface area (Å²) >= 11 is 0. The summed E-state index contributed by atoms with van der Waals surface area (Å²) < 4.78 is 14.1. The first-order valence-electron chi connectivity index (χ1n) is 6.52. The molecule has 1 saturated heterocycles. The van der Waals surface area contributed by atoms with Crippen molar-refractivity contribution in [3.05, 3.63) is 23.6 Å². The molecular weight excluding hydrogens is 249 g/mol. The fraction of sp³-hybridized carbons (Fsp3) is 0.615. The van der Waals surface area contributed by atoms with E-state index in [4.69, 9.17) is 5.11 Å². The summed E-state index contributed by atoms with van der Waals surface area (Å²) in [7, 11) is 0. The predicted molar refractivity (Wildman–Crippen MR) is 70.7 cm³/mol. The molecular formula is C13H20FN3O2. The van der Waals surface area contributed by atoms with Crippen molar-refractivity contribution in [2.45, 2.75) is 25.5 Å². The lowest BCUT2D eigenvalue weighted by atomic mass is 10.1. The number of aliphatic hydroxyl groups excluding tert-OH is 2. The van der Waals surface area contributed by atoms with Crippen molar-refractivity contribution in [1.29, 1.82) is 0 Å². The Morgan fingerprint density at radius 2 is 2.42 bits per heavy atom. The molecule has 2 heterocycles. The van der Waals surface area contributed by atoms with Gasteiger partial charge in [-0.25, -0.2) is 9.37 Å². The third-order valence-corrected chi connectivity index (χ3v) is 3.33. The lowest BCUT2D eigenvalue weighted by molar-refractivity contribution is 0.0954. The van der Waals surface area contributed by atoms with E-state index in [9.17, 15) is 9.50 Å². The topological polar surface area (TPSA) is 68.6 Å². The van der Waals surface area contributed by atoms with Gasteiger partial charge in [0.15, 0.2) is 11.6 Å². The minimum atomic E-state index is -0.870. The molecule has 1 aromatic heterocycles. The highest BCUT2D eigenvalue weighted by Crippen LogP contribution is 2.20. The number of piperazine rings is 1. The zero-order chi connectivity index (χ0) is 13.8. The molecule has 0 amide bonds. The summed E-state index contributed by atoms with van der Waals surface area (Å²) in [6.45, 7) is 4.04. The maximum Gasteiger partial charge on any atom is 0.165 e. The molecule has 1 aliphatic heterocycles. The van der Waals surface area contributed by atoms with Gasteiger partial charge in [0.25, 0.3) is 0 Å². The molecule has 19 heavy (non-hydrogen) atoms. The molecule has 0 saturated carbocycles. The van der Waals surface area contributed by atoms with E-state index in [1.165, 1.54) is 6.07 Å². The van der Waals surface area contributed by atoms with Crippen molar-refractivity contribution < 1.29 is 14.6 Å². The number of rotatable bonds is 4. The van der Waals surface area contributed by atoms with Gasteiger partial charge in [0.05, 0.1) is 12.7 Å². The van der Waals surface area contributed by atoms with Gasteiger partial charge in [0, 0.05) is 38.3 Å². The quantitative estimate of drug-likeness (QED) is 0.713. The largest absolute Gasteiger partial charge is 0.394 e. The van der Waals surface area contributed by atoms with Crippen LogP contribution in [-0.4, -0.2) is 53.6 Å². The van der Waals surface area contributed by atoms with E-state index in [1.54, 1.807) is 6.20 Å². The summed E-state index contributed by atoms with van der Waals surface area (Å²) in [5.74, 6) is -0.0207. The number of anilines is 1. The van der Waals surface area contributed by atoms with Crippen molar-refractivity contribution in [3.8, 4) is 0 Å². The average Bonchev–Trinajstić information content (AvgIpc) is 2.40. The van der Waals surface area contributed by atoms with Gasteiger partial charge in [0.1, 0.15) is 0 Å². The van der Waals surface area contributed by atoms with Gasteiger partial charge in [-0.05, 0) is 18.6 Å². The zero-order valence-corrected chi connectivity index (χ0v) is 11.0. The van der Waals surface area contributed by atoms with Crippen LogP contribution >= 0.6 is 0 Å². The number of aliphatic hydroxyl groups is 2. The third kappa shape index (κ3) is 3.40. The van der Waals surface area contributed by atoms with Crippen LogP contribution in [-0.2, 0) is 6.42 Å². The number of nitrogens with one attached hydrogen (secondary N) is 1. The summed E-state index contributed by atoms with van der Waals surface area (Å²) in [6.07, 6.45) is 0.897. The Labute approximate surface area is 112 Å². The van der Waals surface area contributed by atoms with Crippen LogP contribution < -0.4 is 10.2 Å². The van der Waals surface area contributed by atoms with E-state index < -0.39 is 6.10 Å². The van der Waals surface area contributed by atoms with Crippen LogP contribution in [0, 0.1) is 5.82 Å². The van der Waals surface area contributed by atoms with E-state index in [-0.39, 0.29) is 24.9 Å². The molecule has 2 rings (SSSR count). The molecule has 1 aliphatic rings. The standard InChI is InChI=1S/C13H20FN3O2/c1-9-6-15-2-3-17(9)13-12(14)5-10(7-16-13)4-11(19)8-18/h5,7,9,11,15,18-19H,2-4,6,8H2,1H3/t9-,11-/m0/s1. The Kier molecular flexibility index (Phi) is 4.68. The maximum absolute atomic E-state index is 14.1. The van der Waals surface area contributed by atoms with Crippen LogP contribution in [0.25, 0.3) is 0 Å². The molecule has 0 aromatic carbocycles. The molecule has 0 unspecified atom stereocenters. The summed E-state index contributed by atoms with van der Waals surface area (Å²) in [6, 6.07) is 1.58. The monoisotopic (exact) mass is 269 g/mol. The average molecular weight is 269 g/mol. The maximum atomic E-state index is 14.1. The SMILES string of the molecule is C[C@H]1CNCCN1c1ncc(C[C@H](O)CO)cc1F. The normalized spacial score (nSPS) is 21.5. The molecule has 0 spiro atoms. The first-order valence-corrected chi connectivity index (χ1v) is 6.52. The van der Waals surface area contributed by atoms with Crippen molar-refractivity contribution in [2.24, 2.45) is 0 Å². The van der Waals surface area contributed by atoms with Crippen LogP contribution in [0.4, 0.5) is 10.2 Å². The Balaban J connectivity index is 2.14. The molecule has 0 radical (unpaired) electrons. The molecule has 3 N–H and O–H groups in total. The number of aromatic nitrogens is 1. The van der Waals surface area contributed by atoms with E-state index in [2.05, 4.69) is 10.3 Å². The predicted octanol–water partition coefficient (Wildman–Crippen LogP) is -0.0855. The van der Waals surface area contributed by atoms with Gasteiger partial charge in [-0.2, -0.15) is 0 Å². The van der Waals surface area contributed by atoms with Crippen molar-refractivity contribution in [3.63, 3.8) is 0 Å². The molecule has 0 aliphatic carbocycles.